The Morgan fingerprint density at radius 2 is 1.40 bits per heavy atom. The zero-order chi connectivity index (χ0) is 15.2. The molecule has 1 aliphatic heterocycles. The van der Waals surface area contributed by atoms with Crippen LogP contribution in [-0.4, -0.2) is 19.9 Å². The van der Waals surface area contributed by atoms with Gasteiger partial charge in [0.1, 0.15) is 0 Å². The van der Waals surface area contributed by atoms with Crippen LogP contribution in [-0.2, 0) is 9.84 Å². The minimum absolute atomic E-state index is 0.137. The Balaban J connectivity index is 2.48. The number of benzene rings is 1. The summed E-state index contributed by atoms with van der Waals surface area (Å²) in [6, 6.07) is 0. The van der Waals surface area contributed by atoms with Crippen LogP contribution in [0.15, 0.2) is 0 Å². The lowest BCUT2D eigenvalue weighted by molar-refractivity contribution is 0.577. The molecule has 0 aromatic heterocycles. The van der Waals surface area contributed by atoms with Crippen LogP contribution < -0.4 is 0 Å². The van der Waals surface area contributed by atoms with Crippen LogP contribution in [0.2, 0.25) is 0 Å². The Morgan fingerprint density at radius 3 is 1.80 bits per heavy atom. The van der Waals surface area contributed by atoms with E-state index in [0.717, 1.165) is 6.42 Å². The minimum Gasteiger partial charge on any atom is -0.229 e. The van der Waals surface area contributed by atoms with E-state index in [9.17, 15) is 8.42 Å². The van der Waals surface area contributed by atoms with Gasteiger partial charge >= 0.3 is 0 Å². The Morgan fingerprint density at radius 1 is 0.950 bits per heavy atom. The quantitative estimate of drug-likeness (QED) is 0.745. The van der Waals surface area contributed by atoms with Crippen LogP contribution in [0.1, 0.15) is 44.6 Å². The highest BCUT2D eigenvalue weighted by Gasteiger charge is 2.34. The first-order valence-electron chi connectivity index (χ1n) is 7.07. The van der Waals surface area contributed by atoms with Gasteiger partial charge in [0.25, 0.3) is 0 Å². The van der Waals surface area contributed by atoms with E-state index in [1.807, 2.05) is 0 Å². The van der Waals surface area contributed by atoms with Gasteiger partial charge in [-0.3, -0.25) is 0 Å². The van der Waals surface area contributed by atoms with Gasteiger partial charge in [-0.2, -0.15) is 0 Å². The van der Waals surface area contributed by atoms with Crippen LogP contribution >= 0.6 is 15.9 Å². The molecule has 2 rings (SSSR count). The standard InChI is InChI=1S/C16H23BrO2S/c1-9-10(2)12(4)15(13(5)11(9)3)16(17)14-6-7-20(18,19)8-14/h14,16H,6-8H2,1-5H3. The molecule has 0 saturated carbocycles. The Bertz CT molecular complexity index is 618. The number of alkyl halides is 1. The van der Waals surface area contributed by atoms with E-state index in [0.29, 0.717) is 11.5 Å². The second kappa shape index (κ2) is 5.45. The summed E-state index contributed by atoms with van der Waals surface area (Å²) in [7, 11) is -2.83. The van der Waals surface area contributed by atoms with Crippen LogP contribution in [0.5, 0.6) is 0 Å². The van der Waals surface area contributed by atoms with Crippen molar-refractivity contribution in [3.63, 3.8) is 0 Å². The topological polar surface area (TPSA) is 34.1 Å². The Labute approximate surface area is 131 Å². The van der Waals surface area contributed by atoms with Crippen molar-refractivity contribution in [3.8, 4) is 0 Å². The first kappa shape index (κ1) is 16.0. The Hall–Kier alpha value is -0.350. The van der Waals surface area contributed by atoms with Crippen molar-refractivity contribution in [2.24, 2.45) is 5.92 Å². The molecule has 0 aliphatic carbocycles. The summed E-state index contributed by atoms with van der Waals surface area (Å²) in [5.41, 5.74) is 7.91. The molecule has 4 heteroatoms. The molecular formula is C16H23BrO2S. The molecule has 0 N–H and O–H groups in total. The fourth-order valence-electron chi connectivity index (χ4n) is 3.23. The highest BCUT2D eigenvalue weighted by Crippen LogP contribution is 2.42. The number of halogens is 1. The van der Waals surface area contributed by atoms with E-state index < -0.39 is 9.84 Å². The van der Waals surface area contributed by atoms with E-state index in [-0.39, 0.29) is 10.7 Å². The molecule has 1 aliphatic rings. The maximum Gasteiger partial charge on any atom is 0.150 e. The van der Waals surface area contributed by atoms with E-state index >= 15 is 0 Å². The lowest BCUT2D eigenvalue weighted by Gasteiger charge is -2.25. The fraction of sp³-hybridized carbons (Fsp3) is 0.625. The van der Waals surface area contributed by atoms with Gasteiger partial charge < -0.3 is 0 Å². The van der Waals surface area contributed by atoms with Crippen molar-refractivity contribution in [1.29, 1.82) is 0 Å². The van der Waals surface area contributed by atoms with Crippen LogP contribution in [0.4, 0.5) is 0 Å². The lowest BCUT2D eigenvalue weighted by Crippen LogP contribution is -2.14. The molecule has 112 valence electrons. The molecule has 0 radical (unpaired) electrons. The van der Waals surface area contributed by atoms with Gasteiger partial charge in [-0.05, 0) is 80.3 Å². The average molecular weight is 359 g/mol. The third-order valence-electron chi connectivity index (χ3n) is 5.02. The minimum atomic E-state index is -2.83. The molecule has 2 atom stereocenters. The van der Waals surface area contributed by atoms with Crippen molar-refractivity contribution in [1.82, 2.24) is 0 Å². The maximum absolute atomic E-state index is 11.7. The first-order chi connectivity index (χ1) is 9.15. The summed E-state index contributed by atoms with van der Waals surface area (Å²) < 4.78 is 23.4. The van der Waals surface area contributed by atoms with Crippen LogP contribution in [0.3, 0.4) is 0 Å². The van der Waals surface area contributed by atoms with E-state index in [1.165, 1.54) is 33.4 Å². The molecule has 1 aromatic rings. The third-order valence-corrected chi connectivity index (χ3v) is 8.01. The van der Waals surface area contributed by atoms with Crippen molar-refractivity contribution < 1.29 is 8.42 Å². The molecule has 1 aromatic carbocycles. The van der Waals surface area contributed by atoms with Crippen molar-refractivity contribution >= 4 is 25.8 Å². The van der Waals surface area contributed by atoms with Gasteiger partial charge in [0, 0.05) is 4.83 Å². The van der Waals surface area contributed by atoms with Gasteiger partial charge in [0.2, 0.25) is 0 Å². The van der Waals surface area contributed by atoms with E-state index in [1.54, 1.807) is 0 Å². The Kier molecular flexibility index (Phi) is 4.37. The van der Waals surface area contributed by atoms with Crippen molar-refractivity contribution in [2.45, 2.75) is 45.9 Å². The summed E-state index contributed by atoms with van der Waals surface area (Å²) >= 11 is 3.79. The second-order valence-corrected chi connectivity index (χ2v) is 9.32. The smallest absolute Gasteiger partial charge is 0.150 e. The largest absolute Gasteiger partial charge is 0.229 e. The SMILES string of the molecule is Cc1c(C)c(C)c(C(Br)C2CCS(=O)(=O)C2)c(C)c1C. The number of hydrogen-bond donors (Lipinski definition) is 0. The average Bonchev–Trinajstić information content (AvgIpc) is 2.74. The van der Waals surface area contributed by atoms with Crippen LogP contribution in [0.25, 0.3) is 0 Å². The van der Waals surface area contributed by atoms with Gasteiger partial charge in [-0.15, -0.1) is 0 Å². The van der Waals surface area contributed by atoms with Crippen LogP contribution in [0, 0.1) is 40.5 Å². The number of rotatable bonds is 2. The molecule has 0 amide bonds. The molecule has 1 heterocycles. The predicted octanol–water partition coefficient (Wildman–Crippen LogP) is 4.10. The lowest BCUT2D eigenvalue weighted by atomic mass is 9.85. The third kappa shape index (κ3) is 2.69. The monoisotopic (exact) mass is 358 g/mol. The number of sulfone groups is 1. The summed E-state index contributed by atoms with van der Waals surface area (Å²) in [5.74, 6) is 0.842. The zero-order valence-corrected chi connectivity index (χ0v) is 15.3. The molecule has 0 spiro atoms. The van der Waals surface area contributed by atoms with Crippen molar-refractivity contribution in [3.05, 3.63) is 33.4 Å². The van der Waals surface area contributed by atoms with Gasteiger partial charge in [0.15, 0.2) is 9.84 Å². The van der Waals surface area contributed by atoms with Gasteiger partial charge in [0.05, 0.1) is 11.5 Å². The molecule has 2 nitrogen and oxygen atoms in total. The highest BCUT2D eigenvalue weighted by atomic mass is 79.9. The predicted molar refractivity (Wildman–Crippen MR) is 88.6 cm³/mol. The summed E-state index contributed by atoms with van der Waals surface area (Å²) in [4.78, 5) is 0.137. The molecule has 20 heavy (non-hydrogen) atoms. The van der Waals surface area contributed by atoms with Gasteiger partial charge in [-0.1, -0.05) is 15.9 Å². The maximum atomic E-state index is 11.7. The molecule has 1 fully saturated rings. The van der Waals surface area contributed by atoms with E-state index in [4.69, 9.17) is 0 Å². The molecule has 1 saturated heterocycles. The molecule has 0 bridgehead atoms. The van der Waals surface area contributed by atoms with Crippen molar-refractivity contribution in [2.75, 3.05) is 11.5 Å². The first-order valence-corrected chi connectivity index (χ1v) is 9.80. The second-order valence-electron chi connectivity index (χ2n) is 6.10. The summed E-state index contributed by atoms with van der Waals surface area (Å²) in [6.45, 7) is 10.8. The molecular weight excluding hydrogens is 336 g/mol. The summed E-state index contributed by atoms with van der Waals surface area (Å²) in [6.07, 6.45) is 0.767. The van der Waals surface area contributed by atoms with Gasteiger partial charge in [-0.25, -0.2) is 8.42 Å². The summed E-state index contributed by atoms with van der Waals surface area (Å²) in [5, 5.41) is 0. The van der Waals surface area contributed by atoms with E-state index in [2.05, 4.69) is 50.5 Å². The highest BCUT2D eigenvalue weighted by molar-refractivity contribution is 9.09. The fourth-order valence-corrected chi connectivity index (χ4v) is 6.46. The normalized spacial score (nSPS) is 23.0. The number of hydrogen-bond acceptors (Lipinski definition) is 2. The molecule has 2 unspecified atom stereocenters. The zero-order valence-electron chi connectivity index (χ0n) is 12.9.